The Morgan fingerprint density at radius 3 is 1.08 bits per heavy atom. The van der Waals surface area contributed by atoms with Crippen LogP contribution in [0.5, 0.6) is 0 Å². The first-order valence-corrected chi connectivity index (χ1v) is 13.8. The first-order valence-electron chi connectivity index (χ1n) is 13.8. The average molecular weight is 561 g/mol. The van der Waals surface area contributed by atoms with Crippen molar-refractivity contribution < 1.29 is 98.0 Å². The Labute approximate surface area is 275 Å². The summed E-state index contributed by atoms with van der Waals surface area (Å²) in [6, 6.07) is 0. The van der Waals surface area contributed by atoms with Gasteiger partial charge in [0.25, 0.3) is 0 Å². The number of carbonyl (C=O) groups is 4. The molecule has 0 rings (SSSR count). The summed E-state index contributed by atoms with van der Waals surface area (Å²) in [6.45, 7) is 9.71. The summed E-state index contributed by atoms with van der Waals surface area (Å²) in [5.74, 6) is -1.77. The molecule has 38 heavy (non-hydrogen) atoms. The van der Waals surface area contributed by atoms with Gasteiger partial charge in [-0.25, -0.2) is 0 Å². The number of rotatable bonds is 22. The van der Waals surface area contributed by atoms with E-state index >= 15 is 0 Å². The fraction of sp³-hybridized carbons (Fsp3) is 0.857. The van der Waals surface area contributed by atoms with Gasteiger partial charge in [-0.1, -0.05) is 91.9 Å². The second-order valence-electron chi connectivity index (χ2n) is 10.1. The van der Waals surface area contributed by atoms with Crippen molar-refractivity contribution >= 4 is 23.9 Å². The van der Waals surface area contributed by atoms with E-state index in [2.05, 4.69) is 27.7 Å². The molecule has 0 spiro atoms. The molecule has 0 heterocycles. The maximum Gasteiger partial charge on any atom is 1.00 e. The summed E-state index contributed by atoms with van der Waals surface area (Å²) in [6.07, 6.45) is 13.0. The Morgan fingerprint density at radius 2 is 0.789 bits per heavy atom. The number of ether oxygens (including phenoxy) is 2. The Kier molecular flexibility index (Phi) is 39.1. The minimum atomic E-state index is -1.21. The summed E-state index contributed by atoms with van der Waals surface area (Å²) >= 11 is 0. The first kappa shape index (κ1) is 44.9. The van der Waals surface area contributed by atoms with E-state index in [-0.39, 0.29) is 84.8 Å². The van der Waals surface area contributed by atoms with Crippen LogP contribution in [0.25, 0.3) is 0 Å². The fourth-order valence-corrected chi connectivity index (χ4v) is 3.29. The molecule has 212 valence electrons. The van der Waals surface area contributed by atoms with Gasteiger partial charge in [0.2, 0.25) is 0 Å². The molecule has 0 aromatic carbocycles. The Hall–Kier alpha value is -0.120. The fourth-order valence-electron chi connectivity index (χ4n) is 3.29. The second kappa shape index (κ2) is 33.1. The predicted octanol–water partition coefficient (Wildman–Crippen LogP) is -1.88. The molecule has 0 radical (unpaired) electrons. The van der Waals surface area contributed by atoms with Crippen molar-refractivity contribution in [2.24, 2.45) is 11.8 Å². The van der Waals surface area contributed by atoms with E-state index < -0.39 is 23.9 Å². The zero-order valence-electron chi connectivity index (χ0n) is 25.1. The van der Waals surface area contributed by atoms with E-state index in [4.69, 9.17) is 9.47 Å². The molecule has 0 amide bonds. The second-order valence-corrected chi connectivity index (χ2v) is 10.1. The van der Waals surface area contributed by atoms with Gasteiger partial charge in [0.1, 0.15) is 0 Å². The largest absolute Gasteiger partial charge is 1.00 e. The van der Waals surface area contributed by atoms with E-state index in [9.17, 15) is 29.4 Å². The maximum atomic E-state index is 11.0. The monoisotopic (exact) mass is 560 g/mol. The van der Waals surface area contributed by atoms with E-state index in [0.717, 1.165) is 37.5 Å². The molecule has 10 heteroatoms. The molecule has 0 atom stereocenters. The third-order valence-corrected chi connectivity index (χ3v) is 5.44. The Morgan fingerprint density at radius 1 is 0.500 bits per heavy atom. The number of unbranched alkanes of at least 4 members (excludes halogenated alkanes) is 8. The van der Waals surface area contributed by atoms with Crippen molar-refractivity contribution in [1.82, 2.24) is 0 Å². The van der Waals surface area contributed by atoms with Crippen molar-refractivity contribution in [2.45, 2.75) is 130 Å². The number of aliphatic carboxylic acids is 2. The summed E-state index contributed by atoms with van der Waals surface area (Å²) in [5.41, 5.74) is 0. The van der Waals surface area contributed by atoms with Crippen molar-refractivity contribution in [1.29, 1.82) is 0 Å². The van der Waals surface area contributed by atoms with Gasteiger partial charge in [0.05, 0.1) is 26.1 Å². The topological polar surface area (TPSA) is 133 Å². The standard InChI is InChI=1S/2C14H26O4.2Na/c2*1-12(2)8-6-4-3-5-7-11-18-14(17)10-9-13(15)16;;/h2*12H,3-11H2,1-2H3,(H,15,16);;/q;;2*+1/p-2. The molecule has 0 saturated carbocycles. The minimum absolute atomic E-state index is 0. The predicted molar refractivity (Wildman–Crippen MR) is 135 cm³/mol. The van der Waals surface area contributed by atoms with Crippen LogP contribution in [0.3, 0.4) is 0 Å². The zero-order chi connectivity index (χ0) is 27.6. The molecule has 0 aliphatic carbocycles. The number of hydrogen-bond acceptors (Lipinski definition) is 8. The van der Waals surface area contributed by atoms with Crippen LogP contribution in [0.15, 0.2) is 0 Å². The van der Waals surface area contributed by atoms with Crippen LogP contribution in [0.2, 0.25) is 0 Å². The van der Waals surface area contributed by atoms with Crippen LogP contribution in [0, 0.1) is 11.8 Å². The molecular formula is C28H50Na2O8. The molecule has 0 aromatic rings. The first-order chi connectivity index (χ1) is 17.0. The van der Waals surface area contributed by atoms with Gasteiger partial charge in [-0.3, -0.25) is 9.59 Å². The number of carbonyl (C=O) groups excluding carboxylic acids is 4. The van der Waals surface area contributed by atoms with E-state index in [1.54, 1.807) is 0 Å². The summed E-state index contributed by atoms with van der Waals surface area (Å²) in [7, 11) is 0. The normalized spacial score (nSPS) is 10.1. The van der Waals surface area contributed by atoms with Gasteiger partial charge in [-0.2, -0.15) is 0 Å². The summed E-state index contributed by atoms with van der Waals surface area (Å²) < 4.78 is 9.81. The van der Waals surface area contributed by atoms with Gasteiger partial charge in [-0.05, 0) is 37.5 Å². The van der Waals surface area contributed by atoms with Gasteiger partial charge >= 0.3 is 71.1 Å². The molecule has 8 nitrogen and oxygen atoms in total. The van der Waals surface area contributed by atoms with Crippen LogP contribution >= 0.6 is 0 Å². The van der Waals surface area contributed by atoms with Crippen molar-refractivity contribution in [3.63, 3.8) is 0 Å². The van der Waals surface area contributed by atoms with Crippen molar-refractivity contribution in [3.8, 4) is 0 Å². The van der Waals surface area contributed by atoms with Crippen LogP contribution in [0.4, 0.5) is 0 Å². The van der Waals surface area contributed by atoms with Crippen LogP contribution in [-0.4, -0.2) is 37.1 Å². The molecule has 0 aliphatic heterocycles. The molecule has 0 N–H and O–H groups in total. The smallest absolute Gasteiger partial charge is 0.550 e. The Balaban J connectivity index is -0.000000289. The number of esters is 2. The molecule has 0 bridgehead atoms. The summed E-state index contributed by atoms with van der Waals surface area (Å²) in [5, 5.41) is 20.2. The number of carboxylic acid groups (broad SMARTS) is 2. The molecule has 0 fully saturated rings. The van der Waals surface area contributed by atoms with Crippen LogP contribution < -0.4 is 69.3 Å². The van der Waals surface area contributed by atoms with E-state index in [1.807, 2.05) is 0 Å². The Bertz CT molecular complexity index is 533. The van der Waals surface area contributed by atoms with Crippen LogP contribution in [0.1, 0.15) is 130 Å². The zero-order valence-corrected chi connectivity index (χ0v) is 29.1. The summed E-state index contributed by atoms with van der Waals surface area (Å²) in [4.78, 5) is 42.3. The molecule has 0 saturated heterocycles. The molecule has 0 aliphatic rings. The molecule has 0 aromatic heterocycles. The third-order valence-electron chi connectivity index (χ3n) is 5.44. The SMILES string of the molecule is CC(C)CCCCCCCOC(=O)CCC(=O)[O-].CC(C)CCCCCCCOC(=O)CCC(=O)[O-].[Na+].[Na+]. The molecule has 0 unspecified atom stereocenters. The maximum absolute atomic E-state index is 11.0. The number of hydrogen-bond donors (Lipinski definition) is 0. The van der Waals surface area contributed by atoms with E-state index in [0.29, 0.717) is 13.2 Å². The van der Waals surface area contributed by atoms with Gasteiger partial charge in [-0.15, -0.1) is 0 Å². The minimum Gasteiger partial charge on any atom is -0.550 e. The third kappa shape index (κ3) is 43.0. The molecular weight excluding hydrogens is 510 g/mol. The number of carboxylic acids is 2. The van der Waals surface area contributed by atoms with E-state index in [1.165, 1.54) is 51.4 Å². The average Bonchev–Trinajstić information content (AvgIpc) is 2.79. The van der Waals surface area contributed by atoms with Crippen LogP contribution in [-0.2, 0) is 28.7 Å². The quantitative estimate of drug-likeness (QED) is 0.0854. The van der Waals surface area contributed by atoms with Gasteiger partial charge in [0.15, 0.2) is 0 Å². The van der Waals surface area contributed by atoms with Crippen molar-refractivity contribution in [3.05, 3.63) is 0 Å². The van der Waals surface area contributed by atoms with Gasteiger partial charge in [0, 0.05) is 11.9 Å². The van der Waals surface area contributed by atoms with Gasteiger partial charge < -0.3 is 29.3 Å². The van der Waals surface area contributed by atoms with Crippen molar-refractivity contribution in [2.75, 3.05) is 13.2 Å².